The van der Waals surface area contributed by atoms with E-state index in [1.165, 1.54) is 0 Å². The van der Waals surface area contributed by atoms with Gasteiger partial charge in [0.05, 0.1) is 11.9 Å². The van der Waals surface area contributed by atoms with Crippen LogP contribution >= 0.6 is 11.3 Å². The predicted molar refractivity (Wildman–Crippen MR) is 89.8 cm³/mol. The van der Waals surface area contributed by atoms with Crippen molar-refractivity contribution in [1.29, 1.82) is 0 Å². The van der Waals surface area contributed by atoms with E-state index in [1.807, 2.05) is 39.9 Å². The van der Waals surface area contributed by atoms with Crippen molar-refractivity contribution in [2.75, 3.05) is 31.1 Å². The van der Waals surface area contributed by atoms with Crippen LogP contribution in [0.5, 0.6) is 0 Å². The zero-order chi connectivity index (χ0) is 17.4. The first-order chi connectivity index (χ1) is 12.0. The number of aromatic nitrogens is 3. The number of nitrogens with zero attached hydrogens (tertiary/aromatic N) is 5. The van der Waals surface area contributed by atoms with E-state index in [0.29, 0.717) is 29.6 Å². The number of alkyl halides is 3. The molecule has 0 amide bonds. The van der Waals surface area contributed by atoms with Crippen LogP contribution in [0.2, 0.25) is 0 Å². The molecular formula is C16H16F3N5S. The van der Waals surface area contributed by atoms with E-state index < -0.39 is 11.1 Å². The highest BCUT2D eigenvalue weighted by molar-refractivity contribution is 7.15. The molecule has 0 saturated carbocycles. The number of pyridine rings is 1. The van der Waals surface area contributed by atoms with Gasteiger partial charge in [-0.25, -0.2) is 9.97 Å². The van der Waals surface area contributed by atoms with E-state index in [1.54, 1.807) is 0 Å². The summed E-state index contributed by atoms with van der Waals surface area (Å²) in [7, 11) is 0. The Morgan fingerprint density at radius 1 is 1.12 bits per heavy atom. The Kier molecular flexibility index (Phi) is 4.12. The lowest BCUT2D eigenvalue weighted by Gasteiger charge is -2.34. The fraction of sp³-hybridized carbons (Fsp3) is 0.375. The van der Waals surface area contributed by atoms with Crippen LogP contribution in [0.4, 0.5) is 18.3 Å². The molecule has 1 aliphatic heterocycles. The minimum absolute atomic E-state index is 0.444. The van der Waals surface area contributed by atoms with Gasteiger partial charge in [0.25, 0.3) is 0 Å². The third-order valence-corrected chi connectivity index (χ3v) is 5.32. The molecule has 0 unspecified atom stereocenters. The summed E-state index contributed by atoms with van der Waals surface area (Å²) in [5.41, 5.74) is 1.91. The van der Waals surface area contributed by atoms with Crippen molar-refractivity contribution in [2.45, 2.75) is 12.7 Å². The molecule has 0 aromatic carbocycles. The molecule has 0 spiro atoms. The number of halogens is 3. The van der Waals surface area contributed by atoms with Crippen LogP contribution in [0.1, 0.15) is 10.6 Å². The minimum Gasteiger partial charge on any atom is -0.346 e. The predicted octanol–water partition coefficient (Wildman–Crippen LogP) is 3.13. The topological polar surface area (TPSA) is 36.7 Å². The van der Waals surface area contributed by atoms with E-state index in [0.717, 1.165) is 37.2 Å². The van der Waals surface area contributed by atoms with Gasteiger partial charge in [0, 0.05) is 45.1 Å². The van der Waals surface area contributed by atoms with E-state index in [4.69, 9.17) is 0 Å². The molecule has 0 atom stereocenters. The van der Waals surface area contributed by atoms with Crippen LogP contribution in [0.15, 0.2) is 36.8 Å². The standard InChI is InChI=1S/C16H16F3N5S/c17-16(18,19)13-9-20-15(25-13)23-7-5-22(6-8-23)10-12-11-24-4-2-1-3-14(24)21-12/h1-4,9,11H,5-8,10H2. The fourth-order valence-corrected chi connectivity index (χ4v) is 3.77. The van der Waals surface area contributed by atoms with Gasteiger partial charge < -0.3 is 9.30 Å². The van der Waals surface area contributed by atoms with E-state index in [2.05, 4.69) is 14.9 Å². The summed E-state index contributed by atoms with van der Waals surface area (Å²) < 4.78 is 40.1. The molecular weight excluding hydrogens is 351 g/mol. The van der Waals surface area contributed by atoms with Gasteiger partial charge in [-0.1, -0.05) is 17.4 Å². The van der Waals surface area contributed by atoms with Crippen LogP contribution in [0.3, 0.4) is 0 Å². The quantitative estimate of drug-likeness (QED) is 0.713. The maximum Gasteiger partial charge on any atom is 0.427 e. The first-order valence-corrected chi connectivity index (χ1v) is 8.74. The summed E-state index contributed by atoms with van der Waals surface area (Å²) in [5, 5.41) is 0.444. The number of imidazole rings is 1. The van der Waals surface area contributed by atoms with Crippen LogP contribution in [0, 0.1) is 0 Å². The van der Waals surface area contributed by atoms with Gasteiger partial charge in [-0.3, -0.25) is 4.90 Å². The molecule has 0 aliphatic carbocycles. The molecule has 1 fully saturated rings. The van der Waals surface area contributed by atoms with Crippen molar-refractivity contribution in [1.82, 2.24) is 19.3 Å². The monoisotopic (exact) mass is 367 g/mol. The number of anilines is 1. The third-order valence-electron chi connectivity index (χ3n) is 4.22. The Bertz CT molecular complexity index is 831. The number of rotatable bonds is 3. The number of piperazine rings is 1. The molecule has 4 rings (SSSR count). The van der Waals surface area contributed by atoms with E-state index >= 15 is 0 Å². The third kappa shape index (κ3) is 3.47. The maximum atomic E-state index is 12.7. The smallest absolute Gasteiger partial charge is 0.346 e. The average Bonchev–Trinajstić information content (AvgIpc) is 3.21. The molecule has 5 nitrogen and oxygen atoms in total. The van der Waals surface area contributed by atoms with Crippen LogP contribution in [-0.4, -0.2) is 45.4 Å². The van der Waals surface area contributed by atoms with E-state index in [9.17, 15) is 13.2 Å². The molecule has 0 N–H and O–H groups in total. The molecule has 1 aliphatic rings. The number of hydrogen-bond acceptors (Lipinski definition) is 5. The highest BCUT2D eigenvalue weighted by atomic mass is 32.1. The second-order valence-corrected chi connectivity index (χ2v) is 6.98. The van der Waals surface area contributed by atoms with Gasteiger partial charge in [-0.05, 0) is 12.1 Å². The Labute approximate surface area is 146 Å². The first-order valence-electron chi connectivity index (χ1n) is 7.92. The second kappa shape index (κ2) is 6.30. The lowest BCUT2D eigenvalue weighted by atomic mass is 10.3. The molecule has 1 saturated heterocycles. The van der Waals surface area contributed by atoms with Crippen LogP contribution in [-0.2, 0) is 12.7 Å². The molecule has 0 radical (unpaired) electrons. The highest BCUT2D eigenvalue weighted by Gasteiger charge is 2.34. The van der Waals surface area contributed by atoms with Crippen LogP contribution in [0.25, 0.3) is 5.65 Å². The van der Waals surface area contributed by atoms with Crippen molar-refractivity contribution < 1.29 is 13.2 Å². The van der Waals surface area contributed by atoms with Gasteiger partial charge in [0.1, 0.15) is 10.5 Å². The number of thiazole rings is 1. The largest absolute Gasteiger partial charge is 0.427 e. The normalized spacial score (nSPS) is 16.7. The number of hydrogen-bond donors (Lipinski definition) is 0. The average molecular weight is 367 g/mol. The zero-order valence-electron chi connectivity index (χ0n) is 13.3. The maximum absolute atomic E-state index is 12.7. The fourth-order valence-electron chi connectivity index (χ4n) is 2.93. The lowest BCUT2D eigenvalue weighted by Crippen LogP contribution is -2.46. The van der Waals surface area contributed by atoms with Crippen LogP contribution < -0.4 is 4.90 Å². The molecule has 9 heteroatoms. The summed E-state index contributed by atoms with van der Waals surface area (Å²) in [5.74, 6) is 0. The summed E-state index contributed by atoms with van der Waals surface area (Å²) in [4.78, 5) is 12.1. The molecule has 3 aromatic heterocycles. The van der Waals surface area contributed by atoms with Gasteiger partial charge in [0.15, 0.2) is 5.13 Å². The molecule has 3 aromatic rings. The summed E-state index contributed by atoms with van der Waals surface area (Å²) in [6.07, 6.45) is 0.576. The van der Waals surface area contributed by atoms with E-state index in [-0.39, 0.29) is 0 Å². The molecule has 132 valence electrons. The van der Waals surface area contributed by atoms with Gasteiger partial charge >= 0.3 is 6.18 Å². The zero-order valence-corrected chi connectivity index (χ0v) is 14.1. The Balaban J connectivity index is 1.37. The summed E-state index contributed by atoms with van der Waals surface area (Å²) >= 11 is 0.710. The lowest BCUT2D eigenvalue weighted by molar-refractivity contribution is -0.134. The Hall–Kier alpha value is -2.13. The van der Waals surface area contributed by atoms with Crippen molar-refractivity contribution in [3.8, 4) is 0 Å². The highest BCUT2D eigenvalue weighted by Crippen LogP contribution is 2.36. The summed E-state index contributed by atoms with van der Waals surface area (Å²) in [6.45, 7) is 3.61. The van der Waals surface area contributed by atoms with Gasteiger partial charge in [-0.15, -0.1) is 0 Å². The van der Waals surface area contributed by atoms with Gasteiger partial charge in [0.2, 0.25) is 0 Å². The SMILES string of the molecule is FC(F)(F)c1cnc(N2CCN(Cc3cn4ccccc4n3)CC2)s1. The van der Waals surface area contributed by atoms with Crippen molar-refractivity contribution in [2.24, 2.45) is 0 Å². The molecule has 25 heavy (non-hydrogen) atoms. The Morgan fingerprint density at radius 3 is 2.60 bits per heavy atom. The first kappa shape index (κ1) is 16.3. The molecule has 0 bridgehead atoms. The second-order valence-electron chi connectivity index (χ2n) is 5.97. The minimum atomic E-state index is -4.32. The van der Waals surface area contributed by atoms with Crippen molar-refractivity contribution >= 4 is 22.1 Å². The molecule has 4 heterocycles. The van der Waals surface area contributed by atoms with Crippen molar-refractivity contribution in [3.63, 3.8) is 0 Å². The number of fused-ring (bicyclic) bond motifs is 1. The van der Waals surface area contributed by atoms with Gasteiger partial charge in [-0.2, -0.15) is 13.2 Å². The Morgan fingerprint density at radius 2 is 1.92 bits per heavy atom. The van der Waals surface area contributed by atoms with Crippen molar-refractivity contribution in [3.05, 3.63) is 47.4 Å². The summed E-state index contributed by atoms with van der Waals surface area (Å²) in [6, 6.07) is 5.87.